The summed E-state index contributed by atoms with van der Waals surface area (Å²) in [4.78, 5) is 40.3. The molecule has 0 radical (unpaired) electrons. The maximum Gasteiger partial charge on any atom is 0.335 e. The van der Waals surface area contributed by atoms with Gasteiger partial charge in [-0.15, -0.1) is 0 Å². The fraction of sp³-hybridized carbons (Fsp3) is 0.250. The summed E-state index contributed by atoms with van der Waals surface area (Å²) in [5.41, 5.74) is 1.05. The molecule has 37 heavy (non-hydrogen) atoms. The van der Waals surface area contributed by atoms with Crippen LogP contribution in [0.3, 0.4) is 0 Å². The Hall–Kier alpha value is -2.99. The van der Waals surface area contributed by atoms with Crippen molar-refractivity contribution in [2.24, 2.45) is 0 Å². The number of rotatable bonds is 9. The van der Waals surface area contributed by atoms with Crippen LogP contribution in [0, 0.1) is 5.82 Å². The molecule has 0 saturated carbocycles. The molecular weight excluding hydrogens is 555 g/mol. The second-order valence-electron chi connectivity index (χ2n) is 8.20. The van der Waals surface area contributed by atoms with E-state index in [1.165, 1.54) is 23.0 Å². The molecule has 0 saturated heterocycles. The fourth-order valence-electron chi connectivity index (χ4n) is 3.58. The number of imidazole rings is 1. The number of aromatic hydroxyl groups is 2. The summed E-state index contributed by atoms with van der Waals surface area (Å²) >= 11 is 6.10. The van der Waals surface area contributed by atoms with E-state index in [0.29, 0.717) is 0 Å². The lowest BCUT2D eigenvalue weighted by Gasteiger charge is -2.15. The number of hydrogen-bond acceptors (Lipinski definition) is 9. The summed E-state index contributed by atoms with van der Waals surface area (Å²) < 4.78 is 43.1. The minimum atomic E-state index is -4.75. The van der Waals surface area contributed by atoms with E-state index in [0.717, 1.165) is 5.56 Å². The monoisotopic (exact) mass is 575 g/mol. The van der Waals surface area contributed by atoms with Crippen LogP contribution in [-0.4, -0.2) is 56.5 Å². The zero-order valence-corrected chi connectivity index (χ0v) is 21.5. The normalized spacial score (nSPS) is 14.5. The highest BCUT2D eigenvalue weighted by Gasteiger charge is 2.31. The lowest BCUT2D eigenvalue weighted by molar-refractivity contribution is 0.375. The molecule has 3 aromatic heterocycles. The number of hydrogen-bond donors (Lipinski definition) is 6. The molecule has 0 aliphatic heterocycles. The SMILES string of the molecule is C[C@H](Nc1nc(Cl)nc2c1ncn2-c1oc(CCP(=O)(O)CP(=O)(O)O)c(O)c1O)c1ccc(F)cc1. The van der Waals surface area contributed by atoms with Crippen molar-refractivity contribution in [1.29, 1.82) is 0 Å². The molecule has 13 nitrogen and oxygen atoms in total. The molecule has 0 fully saturated rings. The van der Waals surface area contributed by atoms with Gasteiger partial charge in [0.05, 0.1) is 6.04 Å². The molecule has 4 aromatic rings. The van der Waals surface area contributed by atoms with E-state index in [1.54, 1.807) is 19.1 Å². The largest absolute Gasteiger partial charge is 0.502 e. The molecule has 3 heterocycles. The van der Waals surface area contributed by atoms with Crippen molar-refractivity contribution in [3.8, 4) is 17.4 Å². The third-order valence-electron chi connectivity index (χ3n) is 5.32. The minimum absolute atomic E-state index is 0.0822. The topological polar surface area (TPSA) is 204 Å². The molecule has 0 bridgehead atoms. The highest BCUT2D eigenvalue weighted by Crippen LogP contribution is 2.55. The van der Waals surface area contributed by atoms with Crippen molar-refractivity contribution in [2.75, 3.05) is 17.4 Å². The molecule has 1 aromatic carbocycles. The summed E-state index contributed by atoms with van der Waals surface area (Å²) in [6, 6.07) is 5.49. The fourth-order valence-corrected chi connectivity index (χ4v) is 7.16. The van der Waals surface area contributed by atoms with Crippen LogP contribution in [0.4, 0.5) is 10.2 Å². The molecule has 198 valence electrons. The van der Waals surface area contributed by atoms with Crippen LogP contribution in [0.15, 0.2) is 35.0 Å². The van der Waals surface area contributed by atoms with Gasteiger partial charge in [-0.05, 0) is 36.2 Å². The van der Waals surface area contributed by atoms with Crippen molar-refractivity contribution in [1.82, 2.24) is 19.5 Å². The van der Waals surface area contributed by atoms with Crippen LogP contribution in [0.25, 0.3) is 17.0 Å². The number of nitrogens with zero attached hydrogens (tertiary/aromatic N) is 4. The van der Waals surface area contributed by atoms with Gasteiger partial charge in [-0.3, -0.25) is 9.13 Å². The second-order valence-corrected chi connectivity index (χ2v) is 13.1. The van der Waals surface area contributed by atoms with Gasteiger partial charge < -0.3 is 34.6 Å². The molecule has 6 N–H and O–H groups in total. The van der Waals surface area contributed by atoms with Gasteiger partial charge in [0, 0.05) is 12.6 Å². The van der Waals surface area contributed by atoms with Crippen LogP contribution in [-0.2, 0) is 15.6 Å². The minimum Gasteiger partial charge on any atom is -0.502 e. The summed E-state index contributed by atoms with van der Waals surface area (Å²) in [6.07, 6.45) is 0.194. The van der Waals surface area contributed by atoms with Crippen LogP contribution in [0.2, 0.25) is 5.28 Å². The van der Waals surface area contributed by atoms with E-state index >= 15 is 0 Å². The Labute approximate surface area is 213 Å². The summed E-state index contributed by atoms with van der Waals surface area (Å²) in [7, 11) is -9.01. The Bertz CT molecular complexity index is 1550. The number of furan rings is 1. The van der Waals surface area contributed by atoms with E-state index in [1.807, 2.05) is 0 Å². The van der Waals surface area contributed by atoms with Gasteiger partial charge in [-0.25, -0.2) is 13.9 Å². The predicted molar refractivity (Wildman–Crippen MR) is 131 cm³/mol. The van der Waals surface area contributed by atoms with Crippen molar-refractivity contribution < 1.29 is 42.8 Å². The standard InChI is InChI=1S/C20H21ClFN5O8P2/c1-10(11-2-4-12(22)5-3-11)24-17-14-18(26-20(21)25-17)27(8-23-14)19-16(29)15(28)13(35-19)6-7-36(30,31)9-37(32,33)34/h2-5,8,10,28-29H,6-7,9H2,1H3,(H,30,31)(H,24,25,26)(H2,32,33,34)/t10-/m0/s1. The van der Waals surface area contributed by atoms with Gasteiger partial charge in [0.25, 0.3) is 5.88 Å². The summed E-state index contributed by atoms with van der Waals surface area (Å²) in [6.45, 7) is 1.81. The average molecular weight is 576 g/mol. The van der Waals surface area contributed by atoms with E-state index in [4.69, 9.17) is 25.8 Å². The average Bonchev–Trinajstić information content (AvgIpc) is 3.32. The molecule has 0 aliphatic carbocycles. The van der Waals surface area contributed by atoms with Crippen LogP contribution >= 0.6 is 26.6 Å². The number of anilines is 1. The maximum atomic E-state index is 13.3. The highest BCUT2D eigenvalue weighted by atomic mass is 35.5. The quantitative estimate of drug-likeness (QED) is 0.125. The van der Waals surface area contributed by atoms with E-state index in [9.17, 15) is 28.6 Å². The lowest BCUT2D eigenvalue weighted by atomic mass is 10.1. The third kappa shape index (κ3) is 6.12. The molecular formula is C20H21ClFN5O8P2. The van der Waals surface area contributed by atoms with E-state index in [-0.39, 0.29) is 45.8 Å². The molecule has 0 aliphatic rings. The van der Waals surface area contributed by atoms with Gasteiger partial charge in [-0.1, -0.05) is 12.1 Å². The number of aryl methyl sites for hydroxylation is 1. The van der Waals surface area contributed by atoms with Crippen molar-refractivity contribution >= 4 is 43.5 Å². The third-order valence-corrected chi connectivity index (χ3v) is 9.65. The van der Waals surface area contributed by atoms with E-state index < -0.39 is 44.9 Å². The van der Waals surface area contributed by atoms with E-state index in [2.05, 4.69) is 20.3 Å². The van der Waals surface area contributed by atoms with Crippen molar-refractivity contribution in [2.45, 2.75) is 19.4 Å². The second kappa shape index (κ2) is 10.1. The molecule has 0 amide bonds. The number of aromatic nitrogens is 4. The number of nitrogens with one attached hydrogen (secondary N) is 1. The van der Waals surface area contributed by atoms with Crippen molar-refractivity contribution in [3.63, 3.8) is 0 Å². The Morgan fingerprint density at radius 3 is 2.46 bits per heavy atom. The summed E-state index contributed by atoms with van der Waals surface area (Å²) in [5, 5.41) is 23.7. The highest BCUT2D eigenvalue weighted by molar-refractivity contribution is 7.72. The first kappa shape index (κ1) is 27.1. The van der Waals surface area contributed by atoms with Gasteiger partial charge in [0.2, 0.25) is 24.2 Å². The zero-order valence-electron chi connectivity index (χ0n) is 19.0. The first-order chi connectivity index (χ1) is 17.2. The number of benzene rings is 1. The Morgan fingerprint density at radius 1 is 1.14 bits per heavy atom. The van der Waals surface area contributed by atoms with Gasteiger partial charge in [-0.2, -0.15) is 9.97 Å². The predicted octanol–water partition coefficient (Wildman–Crippen LogP) is 3.73. The molecule has 2 atom stereocenters. The van der Waals surface area contributed by atoms with Crippen LogP contribution in [0.1, 0.15) is 24.3 Å². The van der Waals surface area contributed by atoms with Crippen LogP contribution < -0.4 is 5.32 Å². The van der Waals surface area contributed by atoms with Gasteiger partial charge in [0.15, 0.2) is 22.7 Å². The van der Waals surface area contributed by atoms with Gasteiger partial charge in [0.1, 0.15) is 18.0 Å². The Morgan fingerprint density at radius 2 is 1.81 bits per heavy atom. The Balaban J connectivity index is 1.65. The van der Waals surface area contributed by atoms with Crippen LogP contribution in [0.5, 0.6) is 11.5 Å². The maximum absolute atomic E-state index is 13.3. The van der Waals surface area contributed by atoms with Gasteiger partial charge >= 0.3 is 7.60 Å². The molecule has 4 rings (SSSR count). The molecule has 0 spiro atoms. The lowest BCUT2D eigenvalue weighted by Crippen LogP contribution is -2.09. The smallest absolute Gasteiger partial charge is 0.335 e. The van der Waals surface area contributed by atoms with Crippen molar-refractivity contribution in [3.05, 3.63) is 53.0 Å². The number of fused-ring (bicyclic) bond motifs is 1. The number of halogens is 2. The first-order valence-electron chi connectivity index (χ1n) is 10.6. The summed E-state index contributed by atoms with van der Waals surface area (Å²) in [5.74, 6) is -3.46. The molecule has 17 heteroatoms. The Kier molecular flexibility index (Phi) is 7.35. The zero-order chi connectivity index (χ0) is 27.1. The molecule has 1 unspecified atom stereocenters. The first-order valence-corrected chi connectivity index (χ1v) is 14.8.